The first-order valence-electron chi connectivity index (χ1n) is 4.78. The first-order valence-corrected chi connectivity index (χ1v) is 5.41. The molecule has 0 aliphatic heterocycles. The van der Waals surface area contributed by atoms with E-state index in [0.29, 0.717) is 6.42 Å². The monoisotopic (exact) mass is 234 g/mol. The van der Waals surface area contributed by atoms with Gasteiger partial charge in [-0.2, -0.15) is 12.6 Å². The Labute approximate surface area is 94.8 Å². The highest BCUT2D eigenvalue weighted by atomic mass is 32.1. The summed E-state index contributed by atoms with van der Waals surface area (Å²) in [7, 11) is 0. The first kappa shape index (κ1) is 14.2. The molecule has 0 bridgehead atoms. The molecule has 15 heavy (non-hydrogen) atoms. The fourth-order valence-corrected chi connectivity index (χ4v) is 1.22. The van der Waals surface area contributed by atoms with Gasteiger partial charge in [0.05, 0.1) is 6.04 Å². The van der Waals surface area contributed by atoms with Crippen LogP contribution in [0, 0.1) is 5.92 Å². The van der Waals surface area contributed by atoms with E-state index in [1.165, 1.54) is 0 Å². The molecule has 0 aromatic carbocycles. The summed E-state index contributed by atoms with van der Waals surface area (Å²) in [5.41, 5.74) is 5.41. The van der Waals surface area contributed by atoms with Crippen molar-refractivity contribution >= 4 is 24.5 Å². The fourth-order valence-electron chi connectivity index (χ4n) is 1.05. The maximum Gasteiger partial charge on any atom is 0.326 e. The second-order valence-corrected chi connectivity index (χ2v) is 4.18. The highest BCUT2D eigenvalue weighted by molar-refractivity contribution is 7.80. The van der Waals surface area contributed by atoms with Gasteiger partial charge in [0, 0.05) is 5.75 Å². The SMILES string of the molecule is CC(C)C[C@H](NC(=O)[C@@H](N)CS)C(=O)O. The minimum Gasteiger partial charge on any atom is -0.480 e. The van der Waals surface area contributed by atoms with Crippen molar-refractivity contribution in [3.05, 3.63) is 0 Å². The van der Waals surface area contributed by atoms with Gasteiger partial charge in [0.2, 0.25) is 5.91 Å². The fraction of sp³-hybridized carbons (Fsp3) is 0.778. The van der Waals surface area contributed by atoms with E-state index in [9.17, 15) is 9.59 Å². The summed E-state index contributed by atoms with van der Waals surface area (Å²) in [5, 5.41) is 11.2. The number of nitrogens with one attached hydrogen (secondary N) is 1. The minimum atomic E-state index is -1.04. The molecule has 88 valence electrons. The average molecular weight is 234 g/mol. The molecular formula is C9H18N2O3S. The molecule has 4 N–H and O–H groups in total. The Morgan fingerprint density at radius 2 is 2.00 bits per heavy atom. The molecular weight excluding hydrogens is 216 g/mol. The van der Waals surface area contributed by atoms with Gasteiger partial charge in [0.25, 0.3) is 0 Å². The Bertz CT molecular complexity index is 233. The smallest absolute Gasteiger partial charge is 0.326 e. The molecule has 0 unspecified atom stereocenters. The van der Waals surface area contributed by atoms with Gasteiger partial charge >= 0.3 is 5.97 Å². The molecule has 0 saturated carbocycles. The third-order valence-corrected chi connectivity index (χ3v) is 2.25. The molecule has 0 aliphatic carbocycles. The van der Waals surface area contributed by atoms with E-state index >= 15 is 0 Å². The van der Waals surface area contributed by atoms with Crippen LogP contribution >= 0.6 is 12.6 Å². The molecule has 1 amide bonds. The molecule has 0 rings (SSSR count). The van der Waals surface area contributed by atoms with Crippen molar-refractivity contribution in [3.8, 4) is 0 Å². The van der Waals surface area contributed by atoms with Crippen LogP contribution in [0.4, 0.5) is 0 Å². The van der Waals surface area contributed by atoms with E-state index in [1.807, 2.05) is 13.8 Å². The van der Waals surface area contributed by atoms with Gasteiger partial charge in [0.1, 0.15) is 6.04 Å². The van der Waals surface area contributed by atoms with Crippen molar-refractivity contribution in [1.29, 1.82) is 0 Å². The topological polar surface area (TPSA) is 92.4 Å². The van der Waals surface area contributed by atoms with E-state index in [2.05, 4.69) is 17.9 Å². The van der Waals surface area contributed by atoms with Gasteiger partial charge in [-0.15, -0.1) is 0 Å². The lowest BCUT2D eigenvalue weighted by molar-refractivity contribution is -0.142. The van der Waals surface area contributed by atoms with Gasteiger partial charge in [-0.1, -0.05) is 13.8 Å². The van der Waals surface area contributed by atoms with E-state index in [0.717, 1.165) is 0 Å². The molecule has 0 aromatic rings. The summed E-state index contributed by atoms with van der Waals surface area (Å²) in [6.45, 7) is 3.78. The van der Waals surface area contributed by atoms with Gasteiger partial charge in [-0.05, 0) is 12.3 Å². The maximum atomic E-state index is 11.3. The van der Waals surface area contributed by atoms with Crippen molar-refractivity contribution in [1.82, 2.24) is 5.32 Å². The van der Waals surface area contributed by atoms with Crippen LogP contribution in [0.25, 0.3) is 0 Å². The molecule has 5 nitrogen and oxygen atoms in total. The van der Waals surface area contributed by atoms with E-state index in [-0.39, 0.29) is 11.7 Å². The van der Waals surface area contributed by atoms with Crippen LogP contribution in [0.2, 0.25) is 0 Å². The van der Waals surface area contributed by atoms with Gasteiger partial charge in [0.15, 0.2) is 0 Å². The summed E-state index contributed by atoms with van der Waals surface area (Å²) < 4.78 is 0. The molecule has 6 heteroatoms. The standard InChI is InChI=1S/C9H18N2O3S/c1-5(2)3-7(9(13)14)11-8(12)6(10)4-15/h5-7,15H,3-4,10H2,1-2H3,(H,11,12)(H,13,14)/t6-,7-/m0/s1. The second kappa shape index (κ2) is 6.68. The summed E-state index contributed by atoms with van der Waals surface area (Å²) in [4.78, 5) is 22.1. The third kappa shape index (κ3) is 5.64. The highest BCUT2D eigenvalue weighted by Gasteiger charge is 2.23. The number of aliphatic carboxylic acids is 1. The van der Waals surface area contributed by atoms with Crippen molar-refractivity contribution in [2.75, 3.05) is 5.75 Å². The van der Waals surface area contributed by atoms with E-state index in [4.69, 9.17) is 10.8 Å². The number of carbonyl (C=O) groups excluding carboxylic acids is 1. The molecule has 0 radical (unpaired) electrons. The van der Waals surface area contributed by atoms with Gasteiger partial charge < -0.3 is 16.2 Å². The van der Waals surface area contributed by atoms with Crippen molar-refractivity contribution in [3.63, 3.8) is 0 Å². The van der Waals surface area contributed by atoms with Crippen LogP contribution in [0.3, 0.4) is 0 Å². The Balaban J connectivity index is 4.29. The Kier molecular flexibility index (Phi) is 6.35. The predicted octanol–water partition coefficient (Wildman–Crippen LogP) is -0.141. The summed E-state index contributed by atoms with van der Waals surface area (Å²) in [5.74, 6) is -1.13. The lowest BCUT2D eigenvalue weighted by atomic mass is 10.0. The lowest BCUT2D eigenvalue weighted by Gasteiger charge is -2.18. The summed E-state index contributed by atoms with van der Waals surface area (Å²) in [6, 6.07) is -1.63. The van der Waals surface area contributed by atoms with Crippen molar-refractivity contribution in [2.45, 2.75) is 32.4 Å². The zero-order valence-electron chi connectivity index (χ0n) is 8.93. The molecule has 0 aromatic heterocycles. The van der Waals surface area contributed by atoms with E-state index in [1.54, 1.807) is 0 Å². The number of nitrogens with two attached hydrogens (primary N) is 1. The number of carboxylic acid groups (broad SMARTS) is 1. The van der Waals surface area contributed by atoms with Gasteiger partial charge in [-0.25, -0.2) is 4.79 Å². The Hall–Kier alpha value is -0.750. The van der Waals surface area contributed by atoms with Crippen LogP contribution < -0.4 is 11.1 Å². The van der Waals surface area contributed by atoms with Crippen LogP contribution in [0.5, 0.6) is 0 Å². The molecule has 0 spiro atoms. The zero-order chi connectivity index (χ0) is 12.0. The summed E-state index contributed by atoms with van der Waals surface area (Å²) in [6.07, 6.45) is 0.389. The molecule has 0 heterocycles. The maximum absolute atomic E-state index is 11.3. The average Bonchev–Trinajstić information content (AvgIpc) is 2.14. The number of carbonyl (C=O) groups is 2. The van der Waals surface area contributed by atoms with Crippen molar-refractivity contribution in [2.24, 2.45) is 11.7 Å². The molecule has 0 fully saturated rings. The van der Waals surface area contributed by atoms with Crippen LogP contribution in [0.1, 0.15) is 20.3 Å². The predicted molar refractivity (Wildman–Crippen MR) is 60.8 cm³/mol. The quantitative estimate of drug-likeness (QED) is 0.481. The number of rotatable bonds is 6. The Morgan fingerprint density at radius 1 is 1.47 bits per heavy atom. The van der Waals surface area contributed by atoms with Gasteiger partial charge in [-0.3, -0.25) is 4.79 Å². The number of amides is 1. The van der Waals surface area contributed by atoms with Crippen molar-refractivity contribution < 1.29 is 14.7 Å². The van der Waals surface area contributed by atoms with Crippen LogP contribution in [-0.2, 0) is 9.59 Å². The molecule has 0 aliphatic rings. The molecule has 0 saturated heterocycles. The largest absolute Gasteiger partial charge is 0.480 e. The normalized spacial score (nSPS) is 14.7. The Morgan fingerprint density at radius 3 is 2.33 bits per heavy atom. The highest BCUT2D eigenvalue weighted by Crippen LogP contribution is 2.05. The molecule has 2 atom stereocenters. The third-order valence-electron chi connectivity index (χ3n) is 1.86. The number of thiol groups is 1. The zero-order valence-corrected chi connectivity index (χ0v) is 9.83. The summed E-state index contributed by atoms with van der Waals surface area (Å²) >= 11 is 3.87. The second-order valence-electron chi connectivity index (χ2n) is 3.82. The van der Waals surface area contributed by atoms with Crippen LogP contribution in [-0.4, -0.2) is 34.8 Å². The lowest BCUT2D eigenvalue weighted by Crippen LogP contribution is -2.49. The van der Waals surface area contributed by atoms with Crippen LogP contribution in [0.15, 0.2) is 0 Å². The number of hydrogen-bond acceptors (Lipinski definition) is 4. The first-order chi connectivity index (χ1) is 6.88. The number of hydrogen-bond donors (Lipinski definition) is 4. The number of carboxylic acids is 1. The van der Waals surface area contributed by atoms with E-state index < -0.39 is 24.0 Å². The minimum absolute atomic E-state index is 0.193.